The molecule has 1 aromatic heterocycles. The van der Waals surface area contributed by atoms with Gasteiger partial charge in [0.15, 0.2) is 0 Å². The van der Waals surface area contributed by atoms with Crippen LogP contribution in [0.25, 0.3) is 0 Å². The Hall–Kier alpha value is -1.68. The third-order valence-electron chi connectivity index (χ3n) is 8.97. The monoisotopic (exact) mass is 781 g/mol. The molecule has 0 unspecified atom stereocenters. The Bertz CT molecular complexity index is 1280. The first-order valence-electron chi connectivity index (χ1n) is 19.0. The van der Waals surface area contributed by atoms with E-state index < -0.39 is 0 Å². The van der Waals surface area contributed by atoms with Gasteiger partial charge in [-0.15, -0.1) is 0 Å². The zero-order chi connectivity index (χ0) is 33.9. The quantitative estimate of drug-likeness (QED) is 0.0780. The minimum absolute atomic E-state index is 0. The number of hydrogen-bond acceptors (Lipinski definition) is 3. The molecule has 0 amide bonds. The number of rotatable bonds is 22. The van der Waals surface area contributed by atoms with Gasteiger partial charge in [-0.25, -0.2) is 4.98 Å². The van der Waals surface area contributed by atoms with Gasteiger partial charge >= 0.3 is 17.1 Å². The molecule has 0 saturated carbocycles. The molecule has 7 heteroatoms. The van der Waals surface area contributed by atoms with Crippen molar-refractivity contribution in [2.45, 2.75) is 157 Å². The molecule has 0 aliphatic carbocycles. The van der Waals surface area contributed by atoms with E-state index in [9.17, 15) is 0 Å². The van der Waals surface area contributed by atoms with E-state index in [0.717, 1.165) is 61.3 Å². The van der Waals surface area contributed by atoms with E-state index in [4.69, 9.17) is 26.6 Å². The summed E-state index contributed by atoms with van der Waals surface area (Å²) in [7, 11) is 0. The number of nitrogens with zero attached hydrogens (tertiary/aromatic N) is 3. The van der Waals surface area contributed by atoms with Crippen LogP contribution in [0.15, 0.2) is 46.4 Å². The molecular formula is C43H62Cl3FeN3. The van der Waals surface area contributed by atoms with E-state index in [1.807, 2.05) is 24.6 Å². The first-order chi connectivity index (χ1) is 23.0. The molecule has 278 valence electrons. The van der Waals surface area contributed by atoms with E-state index in [0.29, 0.717) is 5.02 Å². The number of halogens is 3. The maximum atomic E-state index is 6.69. The summed E-state index contributed by atoms with van der Waals surface area (Å²) in [5.41, 5.74) is 12.2. The molecule has 0 saturated heterocycles. The van der Waals surface area contributed by atoms with Crippen molar-refractivity contribution < 1.29 is 41.9 Å². The molecule has 0 spiro atoms. The van der Waals surface area contributed by atoms with Gasteiger partial charge in [0.05, 0.1) is 35.2 Å². The standard InChI is InChI=1S/C43H62ClN3.2ClH.Fe/c1-7-13-19-33-25-35(21-15-9-3)42(36(26-33)22-16-10-4)45-31-40-29-39(44)30-41(47-40)32-46-43-37(23-17-11-5)27-34(20-14-8-2)28-38(43)24-18-12-6;;;/h25-32H,7-24H2,1-6H3;2*1H;/q;;;+2/p-2. The molecule has 50 heavy (non-hydrogen) atoms. The summed E-state index contributed by atoms with van der Waals surface area (Å²) < 4.78 is 0. The van der Waals surface area contributed by atoms with Crippen LogP contribution >= 0.6 is 11.6 Å². The third-order valence-corrected chi connectivity index (χ3v) is 9.19. The van der Waals surface area contributed by atoms with Crippen LogP contribution in [0.5, 0.6) is 0 Å². The van der Waals surface area contributed by atoms with Crippen LogP contribution in [0.2, 0.25) is 5.02 Å². The van der Waals surface area contributed by atoms with Crippen LogP contribution < -0.4 is 24.8 Å². The Labute approximate surface area is 333 Å². The van der Waals surface area contributed by atoms with Crippen LogP contribution in [0, 0.1) is 0 Å². The molecule has 0 atom stereocenters. The van der Waals surface area contributed by atoms with Gasteiger partial charge in [0.25, 0.3) is 0 Å². The normalized spacial score (nSPS) is 11.1. The topological polar surface area (TPSA) is 37.6 Å². The largest absolute Gasteiger partial charge is 2.00 e. The number of hydrogen-bond donors (Lipinski definition) is 0. The van der Waals surface area contributed by atoms with Gasteiger partial charge in [-0.05, 0) is 123 Å². The molecule has 0 fully saturated rings. The van der Waals surface area contributed by atoms with Crippen molar-refractivity contribution in [3.8, 4) is 0 Å². The van der Waals surface area contributed by atoms with Gasteiger partial charge in [-0.3, -0.25) is 9.98 Å². The summed E-state index contributed by atoms with van der Waals surface area (Å²) in [5, 5.41) is 0.655. The fraction of sp³-hybridized carbons (Fsp3) is 0.558. The second kappa shape index (κ2) is 27.9. The number of aromatic nitrogens is 1. The Morgan fingerprint density at radius 2 is 0.760 bits per heavy atom. The first-order valence-corrected chi connectivity index (χ1v) is 19.4. The van der Waals surface area contributed by atoms with Crippen LogP contribution in [-0.2, 0) is 55.6 Å². The number of aliphatic imine (C=N–C) groups is 2. The SMILES string of the molecule is CCCCc1cc(CCCC)c(N=Cc2cc(Cl)cc(C=Nc3c(CCCC)cc(CCCC)cc3CCCC)n2)c(CCCC)c1.[Cl-].[Cl-].[Fe+2]. The van der Waals surface area contributed by atoms with Crippen LogP contribution in [0.4, 0.5) is 11.4 Å². The zero-order valence-corrected chi connectivity index (χ0v) is 35.0. The van der Waals surface area contributed by atoms with Gasteiger partial charge in [0.1, 0.15) is 0 Å². The van der Waals surface area contributed by atoms with Gasteiger partial charge in [-0.2, -0.15) is 0 Å². The summed E-state index contributed by atoms with van der Waals surface area (Å²) in [6.45, 7) is 13.6. The average molecular weight is 783 g/mol. The molecule has 3 aromatic rings. The van der Waals surface area contributed by atoms with Crippen molar-refractivity contribution in [1.82, 2.24) is 4.98 Å². The molecule has 0 N–H and O–H groups in total. The fourth-order valence-electron chi connectivity index (χ4n) is 6.21. The van der Waals surface area contributed by atoms with Crippen molar-refractivity contribution >= 4 is 35.4 Å². The number of pyridine rings is 1. The van der Waals surface area contributed by atoms with Crippen LogP contribution in [0.1, 0.15) is 163 Å². The maximum absolute atomic E-state index is 6.69. The van der Waals surface area contributed by atoms with Crippen molar-refractivity contribution in [2.75, 3.05) is 0 Å². The Balaban J connectivity index is 0.00000800. The van der Waals surface area contributed by atoms with Gasteiger partial charge in [-0.1, -0.05) is 116 Å². The second-order valence-corrected chi connectivity index (χ2v) is 13.7. The zero-order valence-electron chi connectivity index (χ0n) is 31.7. The molecule has 0 radical (unpaired) electrons. The second-order valence-electron chi connectivity index (χ2n) is 13.3. The van der Waals surface area contributed by atoms with Crippen molar-refractivity contribution in [3.05, 3.63) is 86.2 Å². The fourth-order valence-corrected chi connectivity index (χ4v) is 6.43. The number of benzene rings is 2. The average Bonchev–Trinajstić information content (AvgIpc) is 3.07. The molecule has 0 bridgehead atoms. The third kappa shape index (κ3) is 16.3. The Morgan fingerprint density at radius 1 is 0.480 bits per heavy atom. The summed E-state index contributed by atoms with van der Waals surface area (Å²) in [6, 6.07) is 13.5. The minimum atomic E-state index is 0. The molecule has 2 aromatic carbocycles. The summed E-state index contributed by atoms with van der Waals surface area (Å²) in [6.07, 6.45) is 24.6. The summed E-state index contributed by atoms with van der Waals surface area (Å²) >= 11 is 6.69. The molecule has 3 rings (SSSR count). The Kier molecular flexibility index (Phi) is 27.0. The number of aryl methyl sites for hydroxylation is 6. The summed E-state index contributed by atoms with van der Waals surface area (Å²) in [4.78, 5) is 15.3. The van der Waals surface area contributed by atoms with Gasteiger partial charge in [0.2, 0.25) is 0 Å². The number of unbranched alkanes of at least 4 members (excludes halogenated alkanes) is 6. The molecule has 1 heterocycles. The van der Waals surface area contributed by atoms with Gasteiger partial charge in [0, 0.05) is 5.02 Å². The van der Waals surface area contributed by atoms with Gasteiger partial charge < -0.3 is 24.8 Å². The van der Waals surface area contributed by atoms with Crippen LogP contribution in [0.3, 0.4) is 0 Å². The molecule has 3 nitrogen and oxygen atoms in total. The molecule has 0 aliphatic rings. The smallest absolute Gasteiger partial charge is 1.00 e. The maximum Gasteiger partial charge on any atom is 2.00 e. The van der Waals surface area contributed by atoms with Crippen molar-refractivity contribution in [3.63, 3.8) is 0 Å². The van der Waals surface area contributed by atoms with E-state index in [1.54, 1.807) is 0 Å². The van der Waals surface area contributed by atoms with Crippen LogP contribution in [-0.4, -0.2) is 17.4 Å². The molecule has 0 aliphatic heterocycles. The summed E-state index contributed by atoms with van der Waals surface area (Å²) in [5.74, 6) is 0. The predicted octanol–water partition coefficient (Wildman–Crippen LogP) is 7.30. The van der Waals surface area contributed by atoms with E-state index in [-0.39, 0.29) is 41.9 Å². The van der Waals surface area contributed by atoms with E-state index in [1.165, 1.54) is 110 Å². The molecular weight excluding hydrogens is 721 g/mol. The van der Waals surface area contributed by atoms with Crippen molar-refractivity contribution in [1.29, 1.82) is 0 Å². The first kappa shape index (κ1) is 48.3. The van der Waals surface area contributed by atoms with E-state index >= 15 is 0 Å². The predicted molar refractivity (Wildman–Crippen MR) is 208 cm³/mol. The van der Waals surface area contributed by atoms with Crippen molar-refractivity contribution in [2.24, 2.45) is 9.98 Å². The Morgan fingerprint density at radius 3 is 1.04 bits per heavy atom. The van der Waals surface area contributed by atoms with E-state index in [2.05, 4.69) is 65.8 Å². The minimum Gasteiger partial charge on any atom is -1.00 e.